The standard InChI is InChI=1S/C24H35NO8/c1-14(2)20(26)31-11-10-24(25,23(29)30-7)13-17-8-9-18(32-21(27)15(3)4)19(12-17)33-22(28)16(5)6/h8-9,12,14-16H,10-11,13,25H2,1-7H3/t24-/m1/s1. The molecule has 184 valence electrons. The van der Waals surface area contributed by atoms with Gasteiger partial charge in [-0.1, -0.05) is 47.6 Å². The van der Waals surface area contributed by atoms with Gasteiger partial charge < -0.3 is 24.7 Å². The smallest absolute Gasteiger partial charge is 0.326 e. The Morgan fingerprint density at radius 3 is 1.85 bits per heavy atom. The van der Waals surface area contributed by atoms with Gasteiger partial charge in [-0.3, -0.25) is 19.2 Å². The Kier molecular flexibility index (Phi) is 10.5. The van der Waals surface area contributed by atoms with Crippen LogP contribution in [0, 0.1) is 17.8 Å². The van der Waals surface area contributed by atoms with E-state index in [1.807, 2.05) is 0 Å². The van der Waals surface area contributed by atoms with Crippen molar-refractivity contribution in [3.63, 3.8) is 0 Å². The van der Waals surface area contributed by atoms with Crippen LogP contribution in [0.2, 0.25) is 0 Å². The van der Waals surface area contributed by atoms with Gasteiger partial charge in [-0.25, -0.2) is 0 Å². The first-order valence-electron chi connectivity index (χ1n) is 10.9. The summed E-state index contributed by atoms with van der Waals surface area (Å²) in [6, 6.07) is 4.59. The fourth-order valence-electron chi connectivity index (χ4n) is 2.61. The molecule has 0 aliphatic carbocycles. The van der Waals surface area contributed by atoms with E-state index in [2.05, 4.69) is 0 Å². The number of hydrogen-bond donors (Lipinski definition) is 1. The molecule has 0 fully saturated rings. The molecule has 2 N–H and O–H groups in total. The number of benzene rings is 1. The van der Waals surface area contributed by atoms with Crippen LogP contribution in [0.1, 0.15) is 53.5 Å². The van der Waals surface area contributed by atoms with E-state index in [4.69, 9.17) is 24.7 Å². The van der Waals surface area contributed by atoms with E-state index in [-0.39, 0.29) is 42.8 Å². The van der Waals surface area contributed by atoms with Crippen molar-refractivity contribution in [3.8, 4) is 11.5 Å². The molecule has 0 unspecified atom stereocenters. The van der Waals surface area contributed by atoms with E-state index in [1.54, 1.807) is 47.6 Å². The summed E-state index contributed by atoms with van der Waals surface area (Å²) in [6.45, 7) is 10.0. The molecule has 33 heavy (non-hydrogen) atoms. The molecule has 0 saturated heterocycles. The van der Waals surface area contributed by atoms with Gasteiger partial charge in [0, 0.05) is 12.8 Å². The molecule has 0 aliphatic rings. The predicted molar refractivity (Wildman–Crippen MR) is 120 cm³/mol. The highest BCUT2D eigenvalue weighted by Gasteiger charge is 2.36. The molecule has 0 saturated carbocycles. The third-order valence-electron chi connectivity index (χ3n) is 4.75. The molecular weight excluding hydrogens is 430 g/mol. The topological polar surface area (TPSA) is 131 Å². The normalized spacial score (nSPS) is 12.9. The van der Waals surface area contributed by atoms with E-state index in [1.165, 1.54) is 19.2 Å². The molecule has 1 aromatic rings. The Labute approximate surface area is 194 Å². The van der Waals surface area contributed by atoms with Crippen molar-refractivity contribution in [1.29, 1.82) is 0 Å². The molecule has 0 amide bonds. The fourth-order valence-corrected chi connectivity index (χ4v) is 2.61. The van der Waals surface area contributed by atoms with Crippen molar-refractivity contribution < 1.29 is 38.1 Å². The molecule has 0 bridgehead atoms. The van der Waals surface area contributed by atoms with Crippen LogP contribution in [0.15, 0.2) is 18.2 Å². The quantitative estimate of drug-likeness (QED) is 0.387. The molecule has 0 aliphatic heterocycles. The van der Waals surface area contributed by atoms with Gasteiger partial charge in [0.1, 0.15) is 5.54 Å². The fraction of sp³-hybridized carbons (Fsp3) is 0.583. The third-order valence-corrected chi connectivity index (χ3v) is 4.75. The van der Waals surface area contributed by atoms with Crippen LogP contribution >= 0.6 is 0 Å². The van der Waals surface area contributed by atoms with Gasteiger partial charge in [0.2, 0.25) is 0 Å². The maximum atomic E-state index is 12.4. The number of carbonyl (C=O) groups excluding carboxylic acids is 4. The summed E-state index contributed by atoms with van der Waals surface area (Å²) < 4.78 is 20.8. The SMILES string of the molecule is COC(=O)[C@@](N)(CCOC(=O)C(C)C)Cc1ccc(OC(=O)C(C)C)c(OC(=O)C(C)C)c1. The van der Waals surface area contributed by atoms with Crippen LogP contribution in [0.25, 0.3) is 0 Å². The lowest BCUT2D eigenvalue weighted by atomic mass is 9.88. The minimum absolute atomic E-state index is 0.00351. The molecule has 0 spiro atoms. The second-order valence-corrected chi connectivity index (χ2v) is 8.83. The van der Waals surface area contributed by atoms with Gasteiger partial charge in [-0.2, -0.15) is 0 Å². The van der Waals surface area contributed by atoms with E-state index in [0.717, 1.165) is 0 Å². The van der Waals surface area contributed by atoms with Crippen LogP contribution < -0.4 is 15.2 Å². The van der Waals surface area contributed by atoms with Crippen molar-refractivity contribution in [2.24, 2.45) is 23.5 Å². The van der Waals surface area contributed by atoms with Crippen LogP contribution in [0.5, 0.6) is 11.5 Å². The Hall–Kier alpha value is -2.94. The van der Waals surface area contributed by atoms with Crippen LogP contribution in [0.3, 0.4) is 0 Å². The van der Waals surface area contributed by atoms with Crippen molar-refractivity contribution in [3.05, 3.63) is 23.8 Å². The lowest BCUT2D eigenvalue weighted by Gasteiger charge is -2.27. The molecular formula is C24H35NO8. The number of carbonyl (C=O) groups is 4. The number of methoxy groups -OCH3 is 1. The second kappa shape index (κ2) is 12.3. The Bertz CT molecular complexity index is 862. The van der Waals surface area contributed by atoms with Gasteiger partial charge in [0.15, 0.2) is 11.5 Å². The molecule has 1 atom stereocenters. The lowest BCUT2D eigenvalue weighted by molar-refractivity contribution is -0.152. The first-order valence-corrected chi connectivity index (χ1v) is 10.9. The number of ether oxygens (including phenoxy) is 4. The zero-order chi connectivity index (χ0) is 25.3. The number of hydrogen-bond acceptors (Lipinski definition) is 9. The molecule has 9 heteroatoms. The molecule has 1 aromatic carbocycles. The minimum atomic E-state index is -1.50. The summed E-state index contributed by atoms with van der Waals surface area (Å²) in [7, 11) is 1.22. The molecule has 0 radical (unpaired) electrons. The second-order valence-electron chi connectivity index (χ2n) is 8.83. The number of nitrogens with two attached hydrogens (primary N) is 1. The van der Waals surface area contributed by atoms with Gasteiger partial charge in [-0.05, 0) is 17.7 Å². The van der Waals surface area contributed by atoms with Gasteiger partial charge in [0.05, 0.1) is 31.5 Å². The summed E-state index contributed by atoms with van der Waals surface area (Å²) >= 11 is 0. The van der Waals surface area contributed by atoms with E-state index >= 15 is 0 Å². The number of esters is 4. The first kappa shape index (κ1) is 28.1. The minimum Gasteiger partial charge on any atom is -0.468 e. The Morgan fingerprint density at radius 1 is 0.848 bits per heavy atom. The largest absolute Gasteiger partial charge is 0.468 e. The highest BCUT2D eigenvalue weighted by atomic mass is 16.6. The van der Waals surface area contributed by atoms with Crippen LogP contribution in [0.4, 0.5) is 0 Å². The zero-order valence-electron chi connectivity index (χ0n) is 20.4. The van der Waals surface area contributed by atoms with E-state index in [9.17, 15) is 19.2 Å². The third kappa shape index (κ3) is 8.49. The average Bonchev–Trinajstić information content (AvgIpc) is 2.74. The zero-order valence-corrected chi connectivity index (χ0v) is 20.4. The summed E-state index contributed by atoms with van der Waals surface area (Å²) in [4.78, 5) is 48.4. The summed E-state index contributed by atoms with van der Waals surface area (Å²) in [6.07, 6.45) is 0.0207. The summed E-state index contributed by atoms with van der Waals surface area (Å²) in [5.74, 6) is -3.07. The maximum Gasteiger partial charge on any atom is 0.326 e. The van der Waals surface area contributed by atoms with Crippen molar-refractivity contribution in [2.75, 3.05) is 13.7 Å². The van der Waals surface area contributed by atoms with Crippen LogP contribution in [-0.4, -0.2) is 43.1 Å². The van der Waals surface area contributed by atoms with E-state index < -0.39 is 35.3 Å². The van der Waals surface area contributed by atoms with Gasteiger partial charge in [0.25, 0.3) is 0 Å². The Morgan fingerprint density at radius 2 is 1.36 bits per heavy atom. The van der Waals surface area contributed by atoms with Crippen molar-refractivity contribution >= 4 is 23.9 Å². The van der Waals surface area contributed by atoms with Crippen molar-refractivity contribution in [1.82, 2.24) is 0 Å². The molecule has 0 aromatic heterocycles. The Balaban J connectivity index is 3.20. The van der Waals surface area contributed by atoms with Gasteiger partial charge >= 0.3 is 23.9 Å². The number of rotatable bonds is 11. The predicted octanol–water partition coefficient (Wildman–Crippen LogP) is 2.81. The molecule has 1 rings (SSSR count). The molecule has 9 nitrogen and oxygen atoms in total. The van der Waals surface area contributed by atoms with E-state index in [0.29, 0.717) is 5.56 Å². The maximum absolute atomic E-state index is 12.4. The van der Waals surface area contributed by atoms with Crippen molar-refractivity contribution in [2.45, 2.75) is 59.9 Å². The first-order chi connectivity index (χ1) is 15.3. The monoisotopic (exact) mass is 465 g/mol. The highest BCUT2D eigenvalue weighted by Crippen LogP contribution is 2.31. The average molecular weight is 466 g/mol. The van der Waals surface area contributed by atoms with Gasteiger partial charge in [-0.15, -0.1) is 0 Å². The molecule has 0 heterocycles. The van der Waals surface area contributed by atoms with Crippen LogP contribution in [-0.2, 0) is 35.1 Å². The summed E-state index contributed by atoms with van der Waals surface area (Å²) in [5, 5.41) is 0. The summed E-state index contributed by atoms with van der Waals surface area (Å²) in [5.41, 5.74) is 5.38. The highest BCUT2D eigenvalue weighted by molar-refractivity contribution is 5.81. The lowest BCUT2D eigenvalue weighted by Crippen LogP contribution is -2.51.